The molecule has 0 amide bonds. The van der Waals surface area contributed by atoms with Crippen LogP contribution in [0, 0.1) is 13.8 Å². The van der Waals surface area contributed by atoms with Crippen LogP contribution in [-0.4, -0.2) is 4.57 Å². The van der Waals surface area contributed by atoms with E-state index in [0.717, 1.165) is 15.7 Å². The summed E-state index contributed by atoms with van der Waals surface area (Å²) in [5, 5.41) is 1.20. The van der Waals surface area contributed by atoms with Gasteiger partial charge in [0, 0.05) is 15.4 Å². The van der Waals surface area contributed by atoms with Crippen LogP contribution in [0.15, 0.2) is 103 Å². The fraction of sp³-hybridized carbons (Fsp3) is 0.0909. The van der Waals surface area contributed by atoms with E-state index in [2.05, 4.69) is 132 Å². The molecule has 0 bridgehead atoms. The molecule has 0 saturated carbocycles. The number of aromatic nitrogens is 1. The van der Waals surface area contributed by atoms with Gasteiger partial charge in [0.15, 0.2) is 0 Å². The molecule has 0 saturated heterocycles. The van der Waals surface area contributed by atoms with Crippen molar-refractivity contribution in [3.8, 4) is 5.69 Å². The first-order chi connectivity index (χ1) is 17.0. The molecule has 0 fully saturated rings. The van der Waals surface area contributed by atoms with Crippen molar-refractivity contribution in [2.75, 3.05) is 0 Å². The molecule has 0 aliphatic carbocycles. The van der Waals surface area contributed by atoms with E-state index in [-0.39, 0.29) is 0 Å². The zero-order chi connectivity index (χ0) is 24.3. The highest BCUT2D eigenvalue weighted by molar-refractivity contribution is 9.10. The van der Waals surface area contributed by atoms with Crippen molar-refractivity contribution in [3.63, 3.8) is 0 Å². The smallest absolute Gasteiger partial charge is 0.0742 e. The summed E-state index contributed by atoms with van der Waals surface area (Å²) in [4.78, 5) is 0. The third-order valence-electron chi connectivity index (χ3n) is 7.44. The van der Waals surface area contributed by atoms with Crippen LogP contribution >= 0.6 is 15.9 Å². The first-order valence-electron chi connectivity index (χ1n) is 11.9. The van der Waals surface area contributed by atoms with Gasteiger partial charge in [-0.2, -0.15) is 0 Å². The van der Waals surface area contributed by atoms with E-state index in [1.54, 1.807) is 0 Å². The maximum absolute atomic E-state index is 4.18. The lowest BCUT2D eigenvalue weighted by molar-refractivity contribution is 0.723. The molecule has 0 spiro atoms. The molecule has 5 aromatic rings. The number of benzene rings is 4. The molecule has 1 aromatic heterocycles. The lowest BCUT2D eigenvalue weighted by atomic mass is 9.63. The van der Waals surface area contributed by atoms with Gasteiger partial charge in [-0.15, -0.1) is 0 Å². The lowest BCUT2D eigenvalue weighted by Crippen LogP contribution is -2.35. The Labute approximate surface area is 215 Å². The van der Waals surface area contributed by atoms with Gasteiger partial charge >= 0.3 is 0 Å². The Morgan fingerprint density at radius 1 is 0.743 bits per heavy atom. The van der Waals surface area contributed by atoms with Crippen molar-refractivity contribution in [1.82, 2.24) is 4.57 Å². The second-order valence-corrected chi connectivity index (χ2v) is 10.3. The van der Waals surface area contributed by atoms with Crippen LogP contribution in [0.3, 0.4) is 0 Å². The summed E-state index contributed by atoms with van der Waals surface area (Å²) >= 11 is 3.80. The second-order valence-electron chi connectivity index (χ2n) is 9.39. The maximum atomic E-state index is 4.18. The molecule has 1 nitrogen and oxygen atoms in total. The molecule has 35 heavy (non-hydrogen) atoms. The van der Waals surface area contributed by atoms with Crippen molar-refractivity contribution in [1.29, 1.82) is 0 Å². The molecule has 1 aliphatic heterocycles. The molecule has 1 aliphatic rings. The van der Waals surface area contributed by atoms with Crippen LogP contribution in [-0.2, 0) is 5.41 Å². The van der Waals surface area contributed by atoms with E-state index >= 15 is 0 Å². The predicted octanol–water partition coefficient (Wildman–Crippen LogP) is 8.99. The Bertz CT molecular complexity index is 1590. The molecule has 0 radical (unpaired) electrons. The van der Waals surface area contributed by atoms with E-state index in [4.69, 9.17) is 0 Å². The molecule has 2 heterocycles. The number of hydrogen-bond donors (Lipinski definition) is 0. The largest absolute Gasteiger partial charge is 0.309 e. The first kappa shape index (κ1) is 21.9. The van der Waals surface area contributed by atoms with E-state index in [9.17, 15) is 0 Å². The zero-order valence-corrected chi connectivity index (χ0v) is 21.6. The van der Waals surface area contributed by atoms with Crippen molar-refractivity contribution >= 4 is 39.0 Å². The van der Waals surface area contributed by atoms with Gasteiger partial charge in [-0.3, -0.25) is 0 Å². The summed E-state index contributed by atoms with van der Waals surface area (Å²) in [6, 6.07) is 31.4. The first-order valence-corrected chi connectivity index (χ1v) is 12.7. The number of para-hydroxylation sites is 1. The quantitative estimate of drug-likeness (QED) is 0.220. The average Bonchev–Trinajstić information content (AvgIpc) is 3.20. The van der Waals surface area contributed by atoms with E-state index in [1.165, 1.54) is 50.0 Å². The zero-order valence-electron chi connectivity index (χ0n) is 20.0. The lowest BCUT2D eigenvalue weighted by Gasteiger charge is -2.42. The highest BCUT2D eigenvalue weighted by Gasteiger charge is 2.45. The summed E-state index contributed by atoms with van der Waals surface area (Å²) in [5.41, 5.74) is 11.6. The number of fused-ring (bicyclic) bond motifs is 2. The van der Waals surface area contributed by atoms with Gasteiger partial charge in [0.05, 0.1) is 22.3 Å². The van der Waals surface area contributed by atoms with Crippen molar-refractivity contribution in [2.24, 2.45) is 0 Å². The third-order valence-corrected chi connectivity index (χ3v) is 7.93. The van der Waals surface area contributed by atoms with Crippen LogP contribution in [0.25, 0.3) is 28.7 Å². The summed E-state index contributed by atoms with van der Waals surface area (Å²) in [7, 11) is 0. The Morgan fingerprint density at radius 2 is 1.37 bits per heavy atom. The highest BCUT2D eigenvalue weighted by atomic mass is 79.9. The van der Waals surface area contributed by atoms with E-state index in [1.807, 2.05) is 12.2 Å². The normalized spacial score (nSPS) is 13.5. The van der Waals surface area contributed by atoms with Gasteiger partial charge in [0.1, 0.15) is 0 Å². The van der Waals surface area contributed by atoms with Gasteiger partial charge in [-0.25, -0.2) is 0 Å². The van der Waals surface area contributed by atoms with Crippen molar-refractivity contribution in [2.45, 2.75) is 19.3 Å². The predicted molar refractivity (Wildman–Crippen MR) is 152 cm³/mol. The topological polar surface area (TPSA) is 4.93 Å². The van der Waals surface area contributed by atoms with Crippen LogP contribution in [0.5, 0.6) is 0 Å². The van der Waals surface area contributed by atoms with Gasteiger partial charge in [-0.1, -0.05) is 113 Å². The number of nitrogens with zero attached hydrogens (tertiary/aromatic N) is 1. The fourth-order valence-corrected chi connectivity index (χ4v) is 6.25. The Hall–Kier alpha value is -3.62. The number of halogens is 1. The monoisotopic (exact) mass is 515 g/mol. The minimum atomic E-state index is -0.481. The molecule has 4 aromatic carbocycles. The van der Waals surface area contributed by atoms with Crippen molar-refractivity contribution in [3.05, 3.63) is 147 Å². The third kappa shape index (κ3) is 2.93. The summed E-state index contributed by atoms with van der Waals surface area (Å²) < 4.78 is 3.43. The van der Waals surface area contributed by atoms with Crippen LogP contribution in [0.1, 0.15) is 44.6 Å². The summed E-state index contributed by atoms with van der Waals surface area (Å²) in [6.07, 6.45) is 3.92. The number of hydrogen-bond acceptors (Lipinski definition) is 0. The maximum Gasteiger partial charge on any atom is 0.0742 e. The van der Waals surface area contributed by atoms with Gasteiger partial charge in [0.2, 0.25) is 0 Å². The van der Waals surface area contributed by atoms with Gasteiger partial charge in [-0.05, 0) is 60.4 Å². The molecule has 0 unspecified atom stereocenters. The molecule has 170 valence electrons. The Balaban J connectivity index is 1.91. The molecular formula is C33H26BrN. The summed E-state index contributed by atoms with van der Waals surface area (Å²) in [6.45, 7) is 12.6. The van der Waals surface area contributed by atoms with Gasteiger partial charge in [0.25, 0.3) is 0 Å². The minimum Gasteiger partial charge on any atom is -0.309 e. The van der Waals surface area contributed by atoms with E-state index in [0.29, 0.717) is 0 Å². The number of rotatable bonds is 4. The van der Waals surface area contributed by atoms with E-state index < -0.39 is 5.41 Å². The Morgan fingerprint density at radius 3 is 1.94 bits per heavy atom. The van der Waals surface area contributed by atoms with Gasteiger partial charge < -0.3 is 4.57 Å². The summed E-state index contributed by atoms with van der Waals surface area (Å²) in [5.74, 6) is 0. The molecule has 2 heteroatoms. The highest BCUT2D eigenvalue weighted by Crippen LogP contribution is 2.54. The van der Waals surface area contributed by atoms with Crippen LogP contribution < -0.4 is 0 Å². The standard InChI is InChI=1S/C33H26BrN/c1-5-26-27-8-7-9-28-32(27)35(30(26)6-2)31-19-18-25(34)20-29(31)33(28,23-14-10-21(3)11-15-23)24-16-12-22(4)13-17-24/h5-20H,1-2H2,3-4H3. The molecule has 0 N–H and O–H groups in total. The molecule has 6 rings (SSSR count). The second kappa shape index (κ2) is 7.96. The average molecular weight is 516 g/mol. The Kier molecular flexibility index (Phi) is 4.98. The minimum absolute atomic E-state index is 0.481. The van der Waals surface area contributed by atoms with Crippen LogP contribution in [0.2, 0.25) is 0 Å². The molecular weight excluding hydrogens is 490 g/mol. The van der Waals surface area contributed by atoms with Crippen LogP contribution in [0.4, 0.5) is 0 Å². The number of aryl methyl sites for hydroxylation is 2. The fourth-order valence-electron chi connectivity index (χ4n) is 5.89. The SMILES string of the molecule is C=Cc1c(C=C)n2c3c(cccc13)C(c1ccc(C)cc1)(c1ccc(C)cc1)c1cc(Br)ccc1-2. The van der Waals surface area contributed by atoms with Crippen molar-refractivity contribution < 1.29 is 0 Å². The molecule has 0 atom stereocenters.